The van der Waals surface area contributed by atoms with E-state index in [0.717, 1.165) is 6.07 Å². The highest BCUT2D eigenvalue weighted by Gasteiger charge is 2.36. The van der Waals surface area contributed by atoms with E-state index < -0.39 is 15.8 Å². The fourth-order valence-corrected chi connectivity index (χ4v) is 3.87. The molecule has 1 saturated heterocycles. The smallest absolute Gasteiger partial charge is 0.246 e. The largest absolute Gasteiger partial charge is 0.343 e. The van der Waals surface area contributed by atoms with Crippen LogP contribution in [0.5, 0.6) is 0 Å². The van der Waals surface area contributed by atoms with E-state index in [4.69, 9.17) is 0 Å². The zero-order valence-corrected chi connectivity index (χ0v) is 11.3. The standard InChI is InChI=1S/C12H12FN3O3S/c13-10-3-1-2-4-11(10)20(17,18)16-6-5-9(7-16)12-14-8-19-15-12/h1-4,8-9H,5-7H2. The maximum Gasteiger partial charge on any atom is 0.246 e. The molecule has 8 heteroatoms. The molecule has 0 amide bonds. The van der Waals surface area contributed by atoms with Gasteiger partial charge in [0.05, 0.1) is 0 Å². The molecule has 106 valence electrons. The monoisotopic (exact) mass is 297 g/mol. The minimum atomic E-state index is -3.82. The van der Waals surface area contributed by atoms with E-state index >= 15 is 0 Å². The lowest BCUT2D eigenvalue weighted by atomic mass is 10.1. The summed E-state index contributed by atoms with van der Waals surface area (Å²) in [5.41, 5.74) is 0. The third-order valence-corrected chi connectivity index (χ3v) is 5.25. The van der Waals surface area contributed by atoms with Gasteiger partial charge >= 0.3 is 0 Å². The molecule has 0 saturated carbocycles. The number of aromatic nitrogens is 2. The number of sulfonamides is 1. The third-order valence-electron chi connectivity index (χ3n) is 3.35. The van der Waals surface area contributed by atoms with Gasteiger partial charge in [-0.1, -0.05) is 17.3 Å². The third kappa shape index (κ3) is 2.20. The minimum absolute atomic E-state index is 0.115. The topological polar surface area (TPSA) is 76.3 Å². The van der Waals surface area contributed by atoms with E-state index in [-0.39, 0.29) is 17.4 Å². The summed E-state index contributed by atoms with van der Waals surface area (Å²) in [5, 5.41) is 3.72. The van der Waals surface area contributed by atoms with Gasteiger partial charge in [0, 0.05) is 19.0 Å². The molecule has 1 aromatic carbocycles. The number of hydrogen-bond donors (Lipinski definition) is 0. The normalized spacial score (nSPS) is 20.4. The lowest BCUT2D eigenvalue weighted by Gasteiger charge is -2.16. The van der Waals surface area contributed by atoms with Crippen LogP contribution in [0.2, 0.25) is 0 Å². The number of nitrogens with zero attached hydrogens (tertiary/aromatic N) is 3. The molecule has 1 atom stereocenters. The molecule has 0 N–H and O–H groups in total. The number of rotatable bonds is 3. The summed E-state index contributed by atoms with van der Waals surface area (Å²) in [7, 11) is -3.82. The number of benzene rings is 1. The van der Waals surface area contributed by atoms with Gasteiger partial charge in [0.1, 0.15) is 10.7 Å². The zero-order chi connectivity index (χ0) is 14.2. The van der Waals surface area contributed by atoms with Crippen LogP contribution in [0.1, 0.15) is 18.2 Å². The van der Waals surface area contributed by atoms with E-state index in [2.05, 4.69) is 14.7 Å². The van der Waals surface area contributed by atoms with Crippen molar-refractivity contribution in [3.05, 3.63) is 42.3 Å². The van der Waals surface area contributed by atoms with E-state index in [1.807, 2.05) is 0 Å². The van der Waals surface area contributed by atoms with Gasteiger partial charge in [-0.05, 0) is 18.6 Å². The van der Waals surface area contributed by atoms with Gasteiger partial charge < -0.3 is 4.52 Å². The summed E-state index contributed by atoms with van der Waals surface area (Å²) in [6, 6.07) is 5.37. The van der Waals surface area contributed by atoms with Crippen molar-refractivity contribution in [2.24, 2.45) is 0 Å². The molecule has 6 nitrogen and oxygen atoms in total. The quantitative estimate of drug-likeness (QED) is 0.855. The number of halogens is 1. The maximum absolute atomic E-state index is 13.7. The van der Waals surface area contributed by atoms with Gasteiger partial charge in [-0.2, -0.15) is 9.29 Å². The molecule has 2 aromatic rings. The lowest BCUT2D eigenvalue weighted by molar-refractivity contribution is 0.403. The molecule has 1 aliphatic heterocycles. The summed E-state index contributed by atoms with van der Waals surface area (Å²) in [6.45, 7) is 0.548. The van der Waals surface area contributed by atoms with E-state index in [0.29, 0.717) is 18.8 Å². The molecule has 0 spiro atoms. The van der Waals surface area contributed by atoms with Crippen molar-refractivity contribution in [1.82, 2.24) is 14.4 Å². The summed E-state index contributed by atoms with van der Waals surface area (Å²) >= 11 is 0. The van der Waals surface area contributed by atoms with Crippen molar-refractivity contribution in [3.8, 4) is 0 Å². The predicted octanol–water partition coefficient (Wildman–Crippen LogP) is 1.39. The van der Waals surface area contributed by atoms with Crippen LogP contribution in [0.25, 0.3) is 0 Å². The number of hydrogen-bond acceptors (Lipinski definition) is 5. The Kier molecular flexibility index (Phi) is 3.27. The molecule has 1 aromatic heterocycles. The molecule has 2 heterocycles. The average molecular weight is 297 g/mol. The van der Waals surface area contributed by atoms with Gasteiger partial charge in [-0.15, -0.1) is 0 Å². The zero-order valence-electron chi connectivity index (χ0n) is 10.4. The Bertz CT molecular complexity index is 702. The molecule has 1 fully saturated rings. The van der Waals surface area contributed by atoms with Crippen LogP contribution >= 0.6 is 0 Å². The molecular weight excluding hydrogens is 285 g/mol. The SMILES string of the molecule is O=S(=O)(c1ccccc1F)N1CCC(c2ncon2)C1. The summed E-state index contributed by atoms with van der Waals surface area (Å²) < 4.78 is 44.4. The second-order valence-electron chi connectivity index (χ2n) is 4.57. The summed E-state index contributed by atoms with van der Waals surface area (Å²) in [6.07, 6.45) is 1.80. The average Bonchev–Trinajstić information content (AvgIpc) is 3.10. The van der Waals surface area contributed by atoms with Crippen LogP contribution < -0.4 is 0 Å². The molecule has 0 bridgehead atoms. The Labute approximate surface area is 115 Å². The van der Waals surface area contributed by atoms with Crippen LogP contribution in [-0.2, 0) is 10.0 Å². The molecule has 3 rings (SSSR count). The molecule has 1 unspecified atom stereocenters. The summed E-state index contributed by atoms with van der Waals surface area (Å²) in [5.74, 6) is -0.373. The second kappa shape index (κ2) is 4.95. The van der Waals surface area contributed by atoms with Gasteiger partial charge in [0.2, 0.25) is 16.4 Å². The van der Waals surface area contributed by atoms with Crippen LogP contribution in [0.15, 0.2) is 40.1 Å². The Morgan fingerprint density at radius 3 is 2.85 bits per heavy atom. The summed E-state index contributed by atoms with van der Waals surface area (Å²) in [4.78, 5) is 3.63. The molecule has 1 aliphatic rings. The first-order valence-electron chi connectivity index (χ1n) is 6.10. The van der Waals surface area contributed by atoms with Crippen molar-refractivity contribution >= 4 is 10.0 Å². The van der Waals surface area contributed by atoms with Crippen molar-refractivity contribution in [2.75, 3.05) is 13.1 Å². The Morgan fingerprint density at radius 2 is 2.15 bits per heavy atom. The maximum atomic E-state index is 13.7. The van der Waals surface area contributed by atoms with E-state index in [9.17, 15) is 12.8 Å². The Hall–Kier alpha value is -1.80. The first-order chi connectivity index (χ1) is 9.59. The van der Waals surface area contributed by atoms with Crippen LogP contribution in [0, 0.1) is 5.82 Å². The lowest BCUT2D eigenvalue weighted by Crippen LogP contribution is -2.29. The molecule has 20 heavy (non-hydrogen) atoms. The highest BCUT2D eigenvalue weighted by atomic mass is 32.2. The van der Waals surface area contributed by atoms with Gasteiger partial charge in [-0.25, -0.2) is 12.8 Å². The van der Waals surface area contributed by atoms with Gasteiger partial charge in [0.15, 0.2) is 5.82 Å². The molecule has 0 radical (unpaired) electrons. The van der Waals surface area contributed by atoms with Crippen LogP contribution in [0.3, 0.4) is 0 Å². The van der Waals surface area contributed by atoms with Crippen molar-refractivity contribution in [3.63, 3.8) is 0 Å². The van der Waals surface area contributed by atoms with E-state index in [1.54, 1.807) is 0 Å². The minimum Gasteiger partial charge on any atom is -0.343 e. The van der Waals surface area contributed by atoms with Gasteiger partial charge in [0.25, 0.3) is 0 Å². The van der Waals surface area contributed by atoms with Crippen LogP contribution in [0.4, 0.5) is 4.39 Å². The van der Waals surface area contributed by atoms with Crippen molar-refractivity contribution in [1.29, 1.82) is 0 Å². The van der Waals surface area contributed by atoms with Crippen LogP contribution in [-0.4, -0.2) is 36.0 Å². The Balaban J connectivity index is 1.85. The predicted molar refractivity (Wildman–Crippen MR) is 66.8 cm³/mol. The van der Waals surface area contributed by atoms with E-state index in [1.165, 1.54) is 28.9 Å². The highest BCUT2D eigenvalue weighted by molar-refractivity contribution is 7.89. The first-order valence-corrected chi connectivity index (χ1v) is 7.54. The fourth-order valence-electron chi connectivity index (χ4n) is 2.31. The fraction of sp³-hybridized carbons (Fsp3) is 0.333. The molecule has 0 aliphatic carbocycles. The van der Waals surface area contributed by atoms with Crippen molar-refractivity contribution in [2.45, 2.75) is 17.2 Å². The first kappa shape index (κ1) is 13.2. The Morgan fingerprint density at radius 1 is 1.35 bits per heavy atom. The van der Waals surface area contributed by atoms with Crippen molar-refractivity contribution < 1.29 is 17.3 Å². The molecular formula is C12H12FN3O3S. The highest BCUT2D eigenvalue weighted by Crippen LogP contribution is 2.29. The van der Waals surface area contributed by atoms with Gasteiger partial charge in [-0.3, -0.25) is 0 Å². The second-order valence-corrected chi connectivity index (χ2v) is 6.47.